The number of aromatic nitrogens is 1. The maximum Gasteiger partial charge on any atom is 0.309 e. The van der Waals surface area contributed by atoms with E-state index in [9.17, 15) is 23.5 Å². The Morgan fingerprint density at radius 3 is 2.73 bits per heavy atom. The molecule has 33 heavy (non-hydrogen) atoms. The SMILES string of the molecule is CC1(C)CCCC(N2CC[C@@H](NC(=O)c3cc(-c4ccc(F)cc4F)on3)[C@H](C(=O)O)C2)C1. The van der Waals surface area contributed by atoms with Gasteiger partial charge in [-0.1, -0.05) is 25.4 Å². The minimum atomic E-state index is -0.950. The van der Waals surface area contributed by atoms with Gasteiger partial charge in [-0.3, -0.25) is 14.5 Å². The molecule has 178 valence electrons. The van der Waals surface area contributed by atoms with E-state index in [2.05, 4.69) is 29.2 Å². The van der Waals surface area contributed by atoms with Gasteiger partial charge in [0, 0.05) is 37.3 Å². The van der Waals surface area contributed by atoms with Crippen LogP contribution in [-0.2, 0) is 4.79 Å². The molecule has 2 N–H and O–H groups in total. The number of carboxylic acids is 1. The van der Waals surface area contributed by atoms with Crippen LogP contribution < -0.4 is 5.32 Å². The summed E-state index contributed by atoms with van der Waals surface area (Å²) in [4.78, 5) is 27.0. The van der Waals surface area contributed by atoms with Gasteiger partial charge in [0.1, 0.15) is 11.6 Å². The minimum Gasteiger partial charge on any atom is -0.481 e. The lowest BCUT2D eigenvalue weighted by molar-refractivity contribution is -0.145. The van der Waals surface area contributed by atoms with Crippen LogP contribution in [0.4, 0.5) is 8.78 Å². The molecule has 1 aromatic heterocycles. The van der Waals surface area contributed by atoms with Gasteiger partial charge >= 0.3 is 5.97 Å². The van der Waals surface area contributed by atoms with Crippen molar-refractivity contribution in [2.75, 3.05) is 13.1 Å². The Morgan fingerprint density at radius 1 is 1.24 bits per heavy atom. The van der Waals surface area contributed by atoms with Crippen molar-refractivity contribution < 1.29 is 28.0 Å². The average Bonchev–Trinajstić information content (AvgIpc) is 3.23. The summed E-state index contributed by atoms with van der Waals surface area (Å²) < 4.78 is 32.2. The van der Waals surface area contributed by atoms with Crippen LogP contribution in [0.3, 0.4) is 0 Å². The fraction of sp³-hybridized carbons (Fsp3) is 0.542. The van der Waals surface area contributed by atoms with Crippen molar-refractivity contribution in [1.29, 1.82) is 0 Å². The topological polar surface area (TPSA) is 95.7 Å². The number of nitrogens with one attached hydrogen (secondary N) is 1. The molecular formula is C24H29F2N3O4. The summed E-state index contributed by atoms with van der Waals surface area (Å²) >= 11 is 0. The zero-order chi connectivity index (χ0) is 23.8. The van der Waals surface area contributed by atoms with Gasteiger partial charge in [0.15, 0.2) is 11.5 Å². The number of carbonyl (C=O) groups is 2. The van der Waals surface area contributed by atoms with E-state index in [-0.39, 0.29) is 22.4 Å². The maximum atomic E-state index is 14.0. The first-order chi connectivity index (χ1) is 15.6. The monoisotopic (exact) mass is 461 g/mol. The molecule has 1 saturated heterocycles. The number of carbonyl (C=O) groups excluding carboxylic acids is 1. The highest BCUT2D eigenvalue weighted by molar-refractivity contribution is 5.93. The fourth-order valence-corrected chi connectivity index (χ4v) is 5.14. The first kappa shape index (κ1) is 23.4. The molecule has 1 aliphatic carbocycles. The Morgan fingerprint density at radius 2 is 2.03 bits per heavy atom. The summed E-state index contributed by atoms with van der Waals surface area (Å²) in [7, 11) is 0. The van der Waals surface area contributed by atoms with Crippen molar-refractivity contribution >= 4 is 11.9 Å². The molecule has 7 nitrogen and oxygen atoms in total. The van der Waals surface area contributed by atoms with E-state index in [0.29, 0.717) is 25.6 Å². The molecule has 1 aliphatic heterocycles. The molecular weight excluding hydrogens is 432 g/mol. The molecule has 2 fully saturated rings. The zero-order valence-corrected chi connectivity index (χ0v) is 18.8. The third kappa shape index (κ3) is 5.24. The number of hydrogen-bond acceptors (Lipinski definition) is 5. The molecule has 1 unspecified atom stereocenters. The van der Waals surface area contributed by atoms with Crippen molar-refractivity contribution in [3.63, 3.8) is 0 Å². The number of amides is 1. The number of halogens is 2. The van der Waals surface area contributed by atoms with Crippen LogP contribution in [0.1, 0.15) is 56.4 Å². The van der Waals surface area contributed by atoms with E-state index >= 15 is 0 Å². The van der Waals surface area contributed by atoms with Crippen LogP contribution in [0.15, 0.2) is 28.8 Å². The minimum absolute atomic E-state index is 0.0119. The van der Waals surface area contributed by atoms with E-state index in [0.717, 1.165) is 31.4 Å². The molecule has 1 amide bonds. The van der Waals surface area contributed by atoms with Crippen molar-refractivity contribution in [1.82, 2.24) is 15.4 Å². The molecule has 9 heteroatoms. The van der Waals surface area contributed by atoms with E-state index in [1.807, 2.05) is 0 Å². The highest BCUT2D eigenvalue weighted by atomic mass is 19.1. The first-order valence-electron chi connectivity index (χ1n) is 11.3. The Kier molecular flexibility index (Phi) is 6.52. The molecule has 1 aromatic carbocycles. The Hall–Kier alpha value is -2.81. The van der Waals surface area contributed by atoms with Crippen LogP contribution >= 0.6 is 0 Å². The number of carboxylic acid groups (broad SMARTS) is 1. The Bertz CT molecular complexity index is 1040. The van der Waals surface area contributed by atoms with Gasteiger partial charge in [-0.05, 0) is 43.2 Å². The van der Waals surface area contributed by atoms with Crippen LogP contribution in [0.2, 0.25) is 0 Å². The smallest absolute Gasteiger partial charge is 0.309 e. The van der Waals surface area contributed by atoms with Gasteiger partial charge in [-0.15, -0.1) is 0 Å². The van der Waals surface area contributed by atoms with Crippen LogP contribution in [0, 0.1) is 23.0 Å². The van der Waals surface area contributed by atoms with Crippen molar-refractivity contribution in [3.05, 3.63) is 41.6 Å². The normalized spacial score (nSPS) is 25.5. The second-order valence-corrected chi connectivity index (χ2v) is 9.92. The summed E-state index contributed by atoms with van der Waals surface area (Å²) in [6.45, 7) is 5.60. The van der Waals surface area contributed by atoms with Crippen molar-refractivity contribution in [3.8, 4) is 11.3 Å². The molecule has 2 aliphatic rings. The number of piperidine rings is 1. The first-order valence-corrected chi connectivity index (χ1v) is 11.3. The van der Waals surface area contributed by atoms with E-state index in [4.69, 9.17) is 4.52 Å². The molecule has 0 radical (unpaired) electrons. The molecule has 2 aromatic rings. The van der Waals surface area contributed by atoms with Crippen LogP contribution in [-0.4, -0.2) is 52.2 Å². The summed E-state index contributed by atoms with van der Waals surface area (Å²) in [6.07, 6.45) is 4.93. The predicted molar refractivity (Wildman–Crippen MR) is 116 cm³/mol. The number of hydrogen-bond donors (Lipinski definition) is 2. The molecule has 1 saturated carbocycles. The highest BCUT2D eigenvalue weighted by Crippen LogP contribution is 2.38. The van der Waals surface area contributed by atoms with Gasteiger partial charge in [0.25, 0.3) is 5.91 Å². The lowest BCUT2D eigenvalue weighted by atomic mass is 9.74. The maximum absolute atomic E-state index is 14.0. The van der Waals surface area contributed by atoms with Gasteiger partial charge in [0.2, 0.25) is 0 Å². The molecule has 0 bridgehead atoms. The van der Waals surface area contributed by atoms with Crippen molar-refractivity contribution in [2.45, 2.75) is 58.0 Å². The molecule has 2 heterocycles. The standard InChI is InChI=1S/C24H29F2N3O4/c1-24(2)8-3-4-15(12-24)29-9-7-19(17(13-29)23(31)32)27-22(30)20-11-21(33-28-20)16-6-5-14(25)10-18(16)26/h5-6,10-11,15,17,19H,3-4,7-9,12-13H2,1-2H3,(H,27,30)(H,31,32)/t15?,17-,19-/m1/s1. The van der Waals surface area contributed by atoms with Crippen LogP contribution in [0.25, 0.3) is 11.3 Å². The summed E-state index contributed by atoms with van der Waals surface area (Å²) in [5, 5.41) is 16.3. The number of benzene rings is 1. The number of rotatable bonds is 5. The predicted octanol–water partition coefficient (Wildman–Crippen LogP) is 4.09. The van der Waals surface area contributed by atoms with E-state index < -0.39 is 35.5 Å². The summed E-state index contributed by atoms with van der Waals surface area (Å²) in [5.74, 6) is -3.85. The van der Waals surface area contributed by atoms with Crippen LogP contribution in [0.5, 0.6) is 0 Å². The van der Waals surface area contributed by atoms with E-state index in [1.165, 1.54) is 18.6 Å². The quantitative estimate of drug-likeness (QED) is 0.696. The van der Waals surface area contributed by atoms with E-state index in [1.54, 1.807) is 0 Å². The fourth-order valence-electron chi connectivity index (χ4n) is 5.14. The number of aliphatic carboxylic acids is 1. The van der Waals surface area contributed by atoms with Gasteiger partial charge in [-0.25, -0.2) is 8.78 Å². The number of likely N-dealkylation sites (tertiary alicyclic amines) is 1. The Balaban J connectivity index is 1.43. The number of nitrogens with zero attached hydrogens (tertiary/aromatic N) is 2. The molecule has 4 rings (SSSR count). The second-order valence-electron chi connectivity index (χ2n) is 9.92. The largest absolute Gasteiger partial charge is 0.481 e. The van der Waals surface area contributed by atoms with Gasteiger partial charge in [-0.2, -0.15) is 0 Å². The molecule has 3 atom stereocenters. The Labute approximate surface area is 191 Å². The third-order valence-electron chi connectivity index (χ3n) is 6.91. The lowest BCUT2D eigenvalue weighted by Gasteiger charge is -2.45. The zero-order valence-electron chi connectivity index (χ0n) is 18.8. The van der Waals surface area contributed by atoms with Gasteiger partial charge in [0.05, 0.1) is 11.5 Å². The highest BCUT2D eigenvalue weighted by Gasteiger charge is 2.40. The second kappa shape index (κ2) is 9.21. The summed E-state index contributed by atoms with van der Waals surface area (Å²) in [6, 6.07) is 4.08. The molecule has 0 spiro atoms. The average molecular weight is 462 g/mol. The summed E-state index contributed by atoms with van der Waals surface area (Å²) in [5.41, 5.74) is 0.144. The lowest BCUT2D eigenvalue weighted by Crippen LogP contribution is -2.56. The van der Waals surface area contributed by atoms with Gasteiger partial charge < -0.3 is 14.9 Å². The van der Waals surface area contributed by atoms with Crippen molar-refractivity contribution in [2.24, 2.45) is 11.3 Å². The third-order valence-corrected chi connectivity index (χ3v) is 6.91.